The molecule has 2 aromatic carbocycles. The molecule has 0 saturated heterocycles. The number of rotatable bonds is 5. The fraction of sp³-hybridized carbons (Fsp3) is 0.150. The minimum absolute atomic E-state index is 0.0478. The SMILES string of the molecule is COC(=O)c1c(-c2cccc(OC)c2Cl)nn(-c2ccccc2)c1C(=O)OC. The molecule has 8 heteroatoms. The second-order valence-electron chi connectivity index (χ2n) is 5.62. The Kier molecular flexibility index (Phi) is 5.65. The van der Waals surface area contributed by atoms with Crippen molar-refractivity contribution in [3.63, 3.8) is 0 Å². The predicted molar refractivity (Wildman–Crippen MR) is 103 cm³/mol. The summed E-state index contributed by atoms with van der Waals surface area (Å²) >= 11 is 6.44. The minimum Gasteiger partial charge on any atom is -0.495 e. The number of carbonyl (C=O) groups excluding carboxylic acids is 2. The van der Waals surface area contributed by atoms with Gasteiger partial charge in [-0.05, 0) is 18.2 Å². The fourth-order valence-corrected chi connectivity index (χ4v) is 3.09. The van der Waals surface area contributed by atoms with Gasteiger partial charge in [0.1, 0.15) is 17.0 Å². The van der Waals surface area contributed by atoms with Crippen molar-refractivity contribution in [2.75, 3.05) is 21.3 Å². The highest BCUT2D eigenvalue weighted by molar-refractivity contribution is 6.35. The summed E-state index contributed by atoms with van der Waals surface area (Å²) in [6.45, 7) is 0. The molecule has 3 rings (SSSR count). The van der Waals surface area contributed by atoms with E-state index in [4.69, 9.17) is 25.8 Å². The van der Waals surface area contributed by atoms with Crippen LogP contribution < -0.4 is 4.74 Å². The van der Waals surface area contributed by atoms with E-state index in [0.717, 1.165) is 0 Å². The van der Waals surface area contributed by atoms with Crippen molar-refractivity contribution >= 4 is 23.5 Å². The Balaban J connectivity index is 2.39. The molecule has 0 fully saturated rings. The topological polar surface area (TPSA) is 79.7 Å². The third kappa shape index (κ3) is 3.32. The van der Waals surface area contributed by atoms with Crippen LogP contribution in [0.25, 0.3) is 16.9 Å². The second kappa shape index (κ2) is 8.14. The molecule has 0 saturated carbocycles. The number of nitrogens with zero attached hydrogens (tertiary/aromatic N) is 2. The normalized spacial score (nSPS) is 10.4. The first-order valence-electron chi connectivity index (χ1n) is 8.21. The van der Waals surface area contributed by atoms with Crippen LogP contribution in [-0.2, 0) is 9.47 Å². The van der Waals surface area contributed by atoms with Crippen molar-refractivity contribution in [1.82, 2.24) is 9.78 Å². The Hall–Kier alpha value is -3.32. The van der Waals surface area contributed by atoms with Gasteiger partial charge >= 0.3 is 11.9 Å². The van der Waals surface area contributed by atoms with Crippen LogP contribution in [-0.4, -0.2) is 43.0 Å². The lowest BCUT2D eigenvalue weighted by molar-refractivity contribution is 0.0549. The number of carbonyl (C=O) groups is 2. The molecule has 0 aliphatic heterocycles. The number of hydrogen-bond donors (Lipinski definition) is 0. The van der Waals surface area contributed by atoms with Gasteiger partial charge < -0.3 is 14.2 Å². The molecular weight excluding hydrogens is 384 g/mol. The maximum absolute atomic E-state index is 12.6. The van der Waals surface area contributed by atoms with Gasteiger partial charge in [-0.15, -0.1) is 0 Å². The highest BCUT2D eigenvalue weighted by atomic mass is 35.5. The molecule has 1 aromatic heterocycles. The van der Waals surface area contributed by atoms with Gasteiger partial charge in [0.15, 0.2) is 5.69 Å². The van der Waals surface area contributed by atoms with Crippen molar-refractivity contribution in [3.05, 3.63) is 64.8 Å². The Bertz CT molecular complexity index is 1030. The molecule has 0 radical (unpaired) electrons. The summed E-state index contributed by atoms with van der Waals surface area (Å²) in [5.74, 6) is -1.07. The fourth-order valence-electron chi connectivity index (χ4n) is 2.79. The Labute approximate surface area is 166 Å². The zero-order chi connectivity index (χ0) is 20.3. The highest BCUT2D eigenvalue weighted by Crippen LogP contribution is 2.38. The van der Waals surface area contributed by atoms with E-state index in [1.165, 1.54) is 26.0 Å². The van der Waals surface area contributed by atoms with Crippen molar-refractivity contribution in [1.29, 1.82) is 0 Å². The Morgan fingerprint density at radius 2 is 1.61 bits per heavy atom. The molecule has 1 heterocycles. The van der Waals surface area contributed by atoms with E-state index < -0.39 is 11.9 Å². The minimum atomic E-state index is -0.739. The number of ether oxygens (including phenoxy) is 3. The molecule has 0 atom stereocenters. The largest absolute Gasteiger partial charge is 0.495 e. The summed E-state index contributed by atoms with van der Waals surface area (Å²) in [6.07, 6.45) is 0. The number of hydrogen-bond acceptors (Lipinski definition) is 6. The molecule has 0 N–H and O–H groups in total. The van der Waals surface area contributed by atoms with Crippen molar-refractivity contribution in [3.8, 4) is 22.7 Å². The van der Waals surface area contributed by atoms with Crippen molar-refractivity contribution < 1.29 is 23.8 Å². The van der Waals surface area contributed by atoms with Crippen LogP contribution in [0.5, 0.6) is 5.75 Å². The molecule has 0 bridgehead atoms. The van der Waals surface area contributed by atoms with E-state index in [0.29, 0.717) is 17.0 Å². The van der Waals surface area contributed by atoms with Crippen molar-refractivity contribution in [2.45, 2.75) is 0 Å². The summed E-state index contributed by atoms with van der Waals surface area (Å²) < 4.78 is 16.4. The standard InChI is InChI=1S/C20H17ClN2O5/c1-26-14-11-7-10-13(16(14)21)17-15(19(24)27-2)18(20(25)28-3)23(22-17)12-8-5-4-6-9-12/h4-11H,1-3H3. The molecule has 0 aliphatic carbocycles. The van der Waals surface area contributed by atoms with Crippen molar-refractivity contribution in [2.24, 2.45) is 0 Å². The van der Waals surface area contributed by atoms with Crippen LogP contribution in [0.2, 0.25) is 5.02 Å². The van der Waals surface area contributed by atoms with Gasteiger partial charge in [-0.1, -0.05) is 41.9 Å². The Morgan fingerprint density at radius 3 is 2.21 bits per heavy atom. The van der Waals surface area contributed by atoms with E-state index in [1.807, 2.05) is 6.07 Å². The van der Waals surface area contributed by atoms with Crippen LogP contribution in [0.4, 0.5) is 0 Å². The molecule has 3 aromatic rings. The van der Waals surface area contributed by atoms with Crippen LogP contribution in [0.15, 0.2) is 48.5 Å². The summed E-state index contributed by atoms with van der Waals surface area (Å²) in [7, 11) is 3.93. The first kappa shape index (κ1) is 19.4. The van der Waals surface area contributed by atoms with Gasteiger partial charge in [0.25, 0.3) is 0 Å². The third-order valence-electron chi connectivity index (χ3n) is 4.09. The number of aromatic nitrogens is 2. The van der Waals surface area contributed by atoms with Crippen LogP contribution in [0.1, 0.15) is 20.8 Å². The number of esters is 2. The third-order valence-corrected chi connectivity index (χ3v) is 4.48. The zero-order valence-corrected chi connectivity index (χ0v) is 16.2. The molecule has 0 amide bonds. The van der Waals surface area contributed by atoms with E-state index in [9.17, 15) is 9.59 Å². The van der Waals surface area contributed by atoms with E-state index >= 15 is 0 Å². The molecular formula is C20H17ClN2O5. The summed E-state index contributed by atoms with van der Waals surface area (Å²) in [4.78, 5) is 25.2. The van der Waals surface area contributed by atoms with Gasteiger partial charge in [0, 0.05) is 5.56 Å². The lowest BCUT2D eigenvalue weighted by atomic mass is 10.0. The van der Waals surface area contributed by atoms with Crippen LogP contribution >= 0.6 is 11.6 Å². The number of para-hydroxylation sites is 1. The number of halogens is 1. The predicted octanol–water partition coefficient (Wildman–Crippen LogP) is 3.77. The second-order valence-corrected chi connectivity index (χ2v) is 6.00. The summed E-state index contributed by atoms with van der Waals surface area (Å²) in [6, 6.07) is 14.0. The van der Waals surface area contributed by atoms with Gasteiger partial charge in [-0.3, -0.25) is 0 Å². The molecule has 0 spiro atoms. The number of methoxy groups -OCH3 is 3. The molecule has 0 aliphatic rings. The van der Waals surface area contributed by atoms with E-state index in [-0.39, 0.29) is 22.0 Å². The van der Waals surface area contributed by atoms with Gasteiger partial charge in [-0.2, -0.15) is 5.10 Å². The number of benzene rings is 2. The summed E-state index contributed by atoms with van der Waals surface area (Å²) in [5, 5.41) is 4.75. The maximum Gasteiger partial charge on any atom is 0.357 e. The molecule has 0 unspecified atom stereocenters. The molecule has 7 nitrogen and oxygen atoms in total. The molecule has 144 valence electrons. The first-order valence-corrected chi connectivity index (χ1v) is 8.59. The van der Waals surface area contributed by atoms with Gasteiger partial charge in [-0.25, -0.2) is 14.3 Å². The smallest absolute Gasteiger partial charge is 0.357 e. The monoisotopic (exact) mass is 400 g/mol. The summed E-state index contributed by atoms with van der Waals surface area (Å²) in [5.41, 5.74) is 1.06. The lowest BCUT2D eigenvalue weighted by Crippen LogP contribution is -2.15. The van der Waals surface area contributed by atoms with Gasteiger partial charge in [0.2, 0.25) is 0 Å². The molecule has 28 heavy (non-hydrogen) atoms. The quantitative estimate of drug-likeness (QED) is 0.606. The van der Waals surface area contributed by atoms with E-state index in [2.05, 4.69) is 5.10 Å². The Morgan fingerprint density at radius 1 is 0.929 bits per heavy atom. The maximum atomic E-state index is 12.6. The van der Waals surface area contributed by atoms with Crippen LogP contribution in [0, 0.1) is 0 Å². The van der Waals surface area contributed by atoms with Gasteiger partial charge in [0.05, 0.1) is 32.0 Å². The first-order chi connectivity index (χ1) is 13.5. The highest BCUT2D eigenvalue weighted by Gasteiger charge is 2.32. The van der Waals surface area contributed by atoms with E-state index in [1.54, 1.807) is 42.5 Å². The average molecular weight is 401 g/mol. The average Bonchev–Trinajstić information content (AvgIpc) is 3.13. The lowest BCUT2D eigenvalue weighted by Gasteiger charge is -2.08. The van der Waals surface area contributed by atoms with Crippen LogP contribution in [0.3, 0.4) is 0 Å². The zero-order valence-electron chi connectivity index (χ0n) is 15.4.